The number of carbonyl (C=O) groups excluding carboxylic acids is 1. The molecule has 1 atom stereocenters. The van der Waals surface area contributed by atoms with Gasteiger partial charge in [0.05, 0.1) is 5.56 Å². The van der Waals surface area contributed by atoms with Crippen LogP contribution in [-0.2, 0) is 22.8 Å². The van der Waals surface area contributed by atoms with Crippen molar-refractivity contribution in [3.05, 3.63) is 89.0 Å². The number of hydrogen-bond acceptors (Lipinski definition) is 4. The van der Waals surface area contributed by atoms with Gasteiger partial charge in [-0.3, -0.25) is 0 Å². The van der Waals surface area contributed by atoms with Crippen molar-refractivity contribution < 1.29 is 30.6 Å². The van der Waals surface area contributed by atoms with Gasteiger partial charge >= 0.3 is 22.3 Å². The van der Waals surface area contributed by atoms with E-state index in [-0.39, 0.29) is 24.4 Å². The second kappa shape index (κ2) is 11.2. The first-order valence-corrected chi connectivity index (χ1v) is 13.1. The molecule has 0 heterocycles. The van der Waals surface area contributed by atoms with Crippen LogP contribution in [0.3, 0.4) is 0 Å². The number of carbonyl (C=O) groups is 1. The SMILES string of the molecule is CC[C@@H](C)N(Cc1cccc(OS(=O)(=O)c2cccc(C(F)(F)F)c2)c1)C(=O)Nc1ccc(C)cc1C. The lowest BCUT2D eigenvalue weighted by Gasteiger charge is -2.29. The Bertz CT molecular complexity index is 1370. The summed E-state index contributed by atoms with van der Waals surface area (Å²) in [5, 5.41) is 2.93. The Morgan fingerprint density at radius 3 is 2.38 bits per heavy atom. The molecule has 2 amide bonds. The van der Waals surface area contributed by atoms with Crippen LogP contribution in [0.4, 0.5) is 23.7 Å². The summed E-state index contributed by atoms with van der Waals surface area (Å²) in [5.41, 5.74) is 2.18. The van der Waals surface area contributed by atoms with Gasteiger partial charge in [-0.15, -0.1) is 0 Å². The standard InChI is InChI=1S/C27H29F3N2O4S/c1-5-20(4)32(26(33)31-25-13-12-18(2)14-19(25)3)17-21-8-6-10-23(15-21)36-37(34,35)24-11-7-9-22(16-24)27(28,29)30/h6-16,20H,5,17H2,1-4H3,(H,31,33)/t20-/m1/s1. The molecule has 0 aromatic heterocycles. The van der Waals surface area contributed by atoms with E-state index in [1.165, 1.54) is 12.1 Å². The highest BCUT2D eigenvalue weighted by Gasteiger charge is 2.32. The molecule has 6 nitrogen and oxygen atoms in total. The van der Waals surface area contributed by atoms with E-state index in [2.05, 4.69) is 5.32 Å². The number of urea groups is 1. The molecule has 0 aliphatic carbocycles. The maximum Gasteiger partial charge on any atom is 0.416 e. The zero-order valence-electron chi connectivity index (χ0n) is 21.0. The lowest BCUT2D eigenvalue weighted by Crippen LogP contribution is -2.40. The van der Waals surface area contributed by atoms with E-state index in [9.17, 15) is 26.4 Å². The smallest absolute Gasteiger partial charge is 0.379 e. The summed E-state index contributed by atoms with van der Waals surface area (Å²) in [4.78, 5) is 14.2. The summed E-state index contributed by atoms with van der Waals surface area (Å²) in [7, 11) is -4.52. The maximum atomic E-state index is 13.2. The summed E-state index contributed by atoms with van der Waals surface area (Å²) in [6.07, 6.45) is -4.01. The van der Waals surface area contributed by atoms with Gasteiger partial charge in [-0.25, -0.2) is 4.79 Å². The van der Waals surface area contributed by atoms with Crippen molar-refractivity contribution in [2.75, 3.05) is 5.32 Å². The molecule has 0 fully saturated rings. The third-order valence-electron chi connectivity index (χ3n) is 5.91. The number of hydrogen-bond donors (Lipinski definition) is 1. The first kappa shape index (κ1) is 28.0. The number of aryl methyl sites for hydroxylation is 2. The van der Waals surface area contributed by atoms with Crippen molar-refractivity contribution in [1.82, 2.24) is 4.90 Å². The Balaban J connectivity index is 1.81. The number of benzene rings is 3. The van der Waals surface area contributed by atoms with Crippen molar-refractivity contribution in [2.45, 2.75) is 57.8 Å². The predicted molar refractivity (Wildman–Crippen MR) is 136 cm³/mol. The number of halogens is 3. The number of nitrogens with one attached hydrogen (secondary N) is 1. The van der Waals surface area contributed by atoms with Crippen molar-refractivity contribution in [3.8, 4) is 5.75 Å². The number of anilines is 1. The highest BCUT2D eigenvalue weighted by atomic mass is 32.2. The molecular formula is C27H29F3N2O4S. The first-order chi connectivity index (χ1) is 17.3. The Hall–Kier alpha value is -3.53. The fourth-order valence-corrected chi connectivity index (χ4v) is 4.65. The highest BCUT2D eigenvalue weighted by molar-refractivity contribution is 7.87. The Morgan fingerprint density at radius 2 is 1.73 bits per heavy atom. The molecule has 0 saturated carbocycles. The Morgan fingerprint density at radius 1 is 1.03 bits per heavy atom. The Kier molecular flexibility index (Phi) is 8.53. The molecule has 0 aliphatic rings. The van der Waals surface area contributed by atoms with Gasteiger partial charge in [0.2, 0.25) is 0 Å². The number of nitrogens with zero attached hydrogens (tertiary/aromatic N) is 1. The van der Waals surface area contributed by atoms with Crippen LogP contribution in [0.2, 0.25) is 0 Å². The fraction of sp³-hybridized carbons (Fsp3) is 0.296. The van der Waals surface area contributed by atoms with Crippen molar-refractivity contribution in [3.63, 3.8) is 0 Å². The van der Waals surface area contributed by atoms with E-state index in [0.29, 0.717) is 23.7 Å². The molecule has 0 aliphatic heterocycles. The quantitative estimate of drug-likeness (QED) is 0.318. The molecule has 198 valence electrons. The highest BCUT2D eigenvalue weighted by Crippen LogP contribution is 2.31. The second-order valence-corrected chi connectivity index (χ2v) is 10.4. The van der Waals surface area contributed by atoms with E-state index < -0.39 is 26.8 Å². The van der Waals surface area contributed by atoms with Gasteiger partial charge in [-0.2, -0.15) is 21.6 Å². The average molecular weight is 535 g/mol. The summed E-state index contributed by atoms with van der Waals surface area (Å²) in [5.74, 6) is -0.0752. The topological polar surface area (TPSA) is 75.7 Å². The van der Waals surface area contributed by atoms with Crippen LogP contribution in [0.5, 0.6) is 5.75 Å². The van der Waals surface area contributed by atoms with Crippen LogP contribution in [-0.4, -0.2) is 25.4 Å². The largest absolute Gasteiger partial charge is 0.416 e. The molecular weight excluding hydrogens is 505 g/mol. The lowest BCUT2D eigenvalue weighted by molar-refractivity contribution is -0.137. The minimum atomic E-state index is -4.69. The third-order valence-corrected chi connectivity index (χ3v) is 7.16. The zero-order valence-corrected chi connectivity index (χ0v) is 21.8. The molecule has 0 radical (unpaired) electrons. The van der Waals surface area contributed by atoms with Crippen LogP contribution < -0.4 is 9.50 Å². The fourth-order valence-electron chi connectivity index (χ4n) is 3.68. The average Bonchev–Trinajstić information content (AvgIpc) is 2.83. The monoisotopic (exact) mass is 534 g/mol. The predicted octanol–water partition coefficient (Wildman–Crippen LogP) is 6.92. The number of amides is 2. The van der Waals surface area contributed by atoms with Gasteiger partial charge < -0.3 is 14.4 Å². The molecule has 0 spiro atoms. The van der Waals surface area contributed by atoms with E-state index in [1.807, 2.05) is 45.9 Å². The first-order valence-electron chi connectivity index (χ1n) is 11.7. The van der Waals surface area contributed by atoms with Crippen molar-refractivity contribution >= 4 is 21.8 Å². The zero-order chi connectivity index (χ0) is 27.4. The molecule has 0 unspecified atom stereocenters. The summed E-state index contributed by atoms with van der Waals surface area (Å²) in [6.45, 7) is 7.88. The number of rotatable bonds is 8. The van der Waals surface area contributed by atoms with Crippen LogP contribution in [0.25, 0.3) is 0 Å². The van der Waals surface area contributed by atoms with E-state index >= 15 is 0 Å². The van der Waals surface area contributed by atoms with Gasteiger partial charge in [0.1, 0.15) is 10.6 Å². The summed E-state index contributed by atoms with van der Waals surface area (Å²) < 4.78 is 69.5. The van der Waals surface area contributed by atoms with Gasteiger partial charge in [0, 0.05) is 18.3 Å². The third kappa shape index (κ3) is 7.25. The lowest BCUT2D eigenvalue weighted by atomic mass is 10.1. The minimum absolute atomic E-state index is 0.0752. The van der Waals surface area contributed by atoms with Crippen LogP contribution in [0.15, 0.2) is 71.6 Å². The van der Waals surface area contributed by atoms with Gasteiger partial charge in [0.15, 0.2) is 0 Å². The maximum absolute atomic E-state index is 13.2. The molecule has 0 saturated heterocycles. The second-order valence-electron chi connectivity index (χ2n) is 8.84. The van der Waals surface area contributed by atoms with Crippen molar-refractivity contribution in [2.24, 2.45) is 0 Å². The molecule has 1 N–H and O–H groups in total. The van der Waals surface area contributed by atoms with E-state index in [0.717, 1.165) is 29.3 Å². The van der Waals surface area contributed by atoms with Gasteiger partial charge in [-0.1, -0.05) is 42.8 Å². The van der Waals surface area contributed by atoms with E-state index in [1.54, 1.807) is 17.0 Å². The number of alkyl halides is 3. The normalized spacial score (nSPS) is 12.6. The van der Waals surface area contributed by atoms with Crippen LogP contribution in [0, 0.1) is 13.8 Å². The molecule has 3 rings (SSSR count). The van der Waals surface area contributed by atoms with Crippen molar-refractivity contribution in [1.29, 1.82) is 0 Å². The molecule has 3 aromatic carbocycles. The van der Waals surface area contributed by atoms with E-state index in [4.69, 9.17) is 4.18 Å². The van der Waals surface area contributed by atoms with Gasteiger partial charge in [0.25, 0.3) is 0 Å². The van der Waals surface area contributed by atoms with Crippen LogP contribution in [0.1, 0.15) is 42.5 Å². The summed E-state index contributed by atoms with van der Waals surface area (Å²) >= 11 is 0. The molecule has 37 heavy (non-hydrogen) atoms. The minimum Gasteiger partial charge on any atom is -0.379 e. The molecule has 3 aromatic rings. The summed E-state index contributed by atoms with van der Waals surface area (Å²) in [6, 6.07) is 14.7. The molecule has 10 heteroatoms. The van der Waals surface area contributed by atoms with Gasteiger partial charge in [-0.05, 0) is 74.7 Å². The molecule has 0 bridgehead atoms. The Labute approximate surface area is 215 Å². The van der Waals surface area contributed by atoms with Crippen LogP contribution >= 0.6 is 0 Å².